The fourth-order valence-electron chi connectivity index (χ4n) is 3.68. The van der Waals surface area contributed by atoms with Gasteiger partial charge in [0.15, 0.2) is 5.65 Å². The first-order valence-corrected chi connectivity index (χ1v) is 9.30. The maximum Gasteiger partial charge on any atom is 0.281 e. The van der Waals surface area contributed by atoms with Gasteiger partial charge in [0.1, 0.15) is 17.1 Å². The molecule has 0 unspecified atom stereocenters. The van der Waals surface area contributed by atoms with Crippen LogP contribution >= 0.6 is 0 Å². The normalized spacial score (nSPS) is 17.3. The molecule has 0 radical (unpaired) electrons. The summed E-state index contributed by atoms with van der Waals surface area (Å²) in [6, 6.07) is 1.88. The van der Waals surface area contributed by atoms with Crippen LogP contribution in [0.25, 0.3) is 5.65 Å². The van der Waals surface area contributed by atoms with Crippen LogP contribution in [0.3, 0.4) is 0 Å². The Morgan fingerprint density at radius 1 is 1.29 bits per heavy atom. The van der Waals surface area contributed by atoms with Crippen molar-refractivity contribution in [3.05, 3.63) is 35.9 Å². The number of rotatable bonds is 6. The molecule has 1 saturated heterocycles. The summed E-state index contributed by atoms with van der Waals surface area (Å²) < 4.78 is 27.4. The Labute approximate surface area is 158 Å². The third kappa shape index (κ3) is 3.08. The Morgan fingerprint density at radius 3 is 2.86 bits per heavy atom. The number of anilines is 2. The number of amides is 1. The second kappa shape index (κ2) is 6.54. The van der Waals surface area contributed by atoms with E-state index in [0.29, 0.717) is 11.6 Å². The molecule has 4 heterocycles. The number of aromatic amines is 1. The minimum Gasteiger partial charge on any atom is -0.356 e. The molecule has 1 saturated carbocycles. The lowest BCUT2D eigenvalue weighted by Crippen LogP contribution is -2.47. The van der Waals surface area contributed by atoms with Gasteiger partial charge in [0, 0.05) is 19.3 Å². The van der Waals surface area contributed by atoms with Gasteiger partial charge in [-0.25, -0.2) is 18.3 Å². The fourth-order valence-corrected chi connectivity index (χ4v) is 3.68. The second-order valence-electron chi connectivity index (χ2n) is 7.51. The van der Waals surface area contributed by atoms with Gasteiger partial charge in [-0.1, -0.05) is 12.8 Å². The third-order valence-electron chi connectivity index (χ3n) is 5.38. The zero-order chi connectivity index (χ0) is 19.3. The number of carbonyl (C=O) groups is 1. The van der Waals surface area contributed by atoms with E-state index >= 15 is 0 Å². The number of carbonyl (C=O) groups excluding carboxylic acids is 1. The molecule has 3 aromatic heterocycles. The summed E-state index contributed by atoms with van der Waals surface area (Å²) in [7, 11) is 0. The van der Waals surface area contributed by atoms with Gasteiger partial charge in [-0.2, -0.15) is 10.2 Å². The summed E-state index contributed by atoms with van der Waals surface area (Å²) in [6.45, 7) is 1.95. The Balaban J connectivity index is 1.34. The molecule has 28 heavy (non-hydrogen) atoms. The highest BCUT2D eigenvalue weighted by Gasteiger charge is 2.33. The smallest absolute Gasteiger partial charge is 0.281 e. The van der Waals surface area contributed by atoms with Crippen LogP contribution < -0.4 is 10.2 Å². The number of nitrogens with one attached hydrogen (secondary N) is 2. The summed E-state index contributed by atoms with van der Waals surface area (Å²) in [5, 5.41) is 12.4. The van der Waals surface area contributed by atoms with Crippen LogP contribution in [0.15, 0.2) is 24.7 Å². The number of alkyl halides is 2. The van der Waals surface area contributed by atoms with Crippen LogP contribution in [0.1, 0.15) is 41.7 Å². The van der Waals surface area contributed by atoms with Crippen LogP contribution in [0.5, 0.6) is 0 Å². The van der Waals surface area contributed by atoms with E-state index < -0.39 is 18.0 Å². The van der Waals surface area contributed by atoms with E-state index in [4.69, 9.17) is 0 Å². The summed E-state index contributed by atoms with van der Waals surface area (Å²) in [5.41, 5.74) is 0.128. The van der Waals surface area contributed by atoms with Crippen LogP contribution in [0.2, 0.25) is 0 Å². The molecule has 146 valence electrons. The highest BCUT2D eigenvalue weighted by molar-refractivity contribution is 6.08. The average Bonchev–Trinajstić information content (AvgIpc) is 3.16. The van der Waals surface area contributed by atoms with Crippen LogP contribution in [-0.2, 0) is 0 Å². The van der Waals surface area contributed by atoms with Gasteiger partial charge in [0.05, 0.1) is 18.1 Å². The van der Waals surface area contributed by atoms with E-state index in [1.807, 2.05) is 6.07 Å². The Hall–Kier alpha value is -3.04. The lowest BCUT2D eigenvalue weighted by molar-refractivity contribution is 0.102. The van der Waals surface area contributed by atoms with Crippen molar-refractivity contribution in [1.82, 2.24) is 24.8 Å². The molecule has 2 N–H and O–H groups in total. The maximum atomic E-state index is 13.0. The number of H-pyrrole nitrogens is 1. The van der Waals surface area contributed by atoms with Crippen molar-refractivity contribution in [2.75, 3.05) is 23.3 Å². The number of aromatic nitrogens is 5. The summed E-state index contributed by atoms with van der Waals surface area (Å²) in [5.74, 6) is 1.87. The molecule has 1 aliphatic heterocycles. The molecule has 1 amide bonds. The van der Waals surface area contributed by atoms with E-state index in [1.165, 1.54) is 30.0 Å². The number of hydrogen-bond acceptors (Lipinski definition) is 5. The minimum absolute atomic E-state index is 0.0545. The van der Waals surface area contributed by atoms with Crippen molar-refractivity contribution in [3.8, 4) is 0 Å². The number of fused-ring (bicyclic) bond motifs is 1. The quantitative estimate of drug-likeness (QED) is 0.679. The first kappa shape index (κ1) is 17.1. The largest absolute Gasteiger partial charge is 0.356 e. The monoisotopic (exact) mass is 387 g/mol. The fraction of sp³-hybridized carbons (Fsp3) is 0.444. The number of halogens is 2. The molecule has 0 aromatic carbocycles. The highest BCUT2D eigenvalue weighted by Crippen LogP contribution is 2.38. The van der Waals surface area contributed by atoms with Crippen molar-refractivity contribution < 1.29 is 13.6 Å². The van der Waals surface area contributed by atoms with Gasteiger partial charge < -0.3 is 10.2 Å². The molecule has 0 bridgehead atoms. The third-order valence-corrected chi connectivity index (χ3v) is 5.38. The van der Waals surface area contributed by atoms with E-state index in [-0.39, 0.29) is 11.3 Å². The number of hydrogen-bond donors (Lipinski definition) is 2. The van der Waals surface area contributed by atoms with E-state index in [1.54, 1.807) is 6.20 Å². The first-order chi connectivity index (χ1) is 13.6. The van der Waals surface area contributed by atoms with Crippen LogP contribution in [0.4, 0.5) is 20.3 Å². The molecule has 2 fully saturated rings. The van der Waals surface area contributed by atoms with E-state index in [0.717, 1.165) is 31.0 Å². The SMILES string of the molecule is O=C(Nc1cn[nH]c1C(F)F)c1cnn2ccc(N3CC(CC4CC4)C3)nc12. The summed E-state index contributed by atoms with van der Waals surface area (Å²) in [6.07, 6.45) is 5.54. The molecular formula is C18H19F2N7O. The Kier molecular flexibility index (Phi) is 3.99. The minimum atomic E-state index is -2.76. The van der Waals surface area contributed by atoms with Crippen LogP contribution in [0, 0.1) is 11.8 Å². The summed E-state index contributed by atoms with van der Waals surface area (Å²) >= 11 is 0. The van der Waals surface area contributed by atoms with Gasteiger partial charge in [-0.15, -0.1) is 0 Å². The summed E-state index contributed by atoms with van der Waals surface area (Å²) in [4.78, 5) is 19.4. The van der Waals surface area contributed by atoms with Crippen molar-refractivity contribution >= 4 is 23.1 Å². The molecule has 3 aromatic rings. The number of nitrogens with zero attached hydrogens (tertiary/aromatic N) is 5. The zero-order valence-electron chi connectivity index (χ0n) is 15.0. The topological polar surface area (TPSA) is 91.2 Å². The molecule has 8 nitrogen and oxygen atoms in total. The zero-order valence-corrected chi connectivity index (χ0v) is 15.0. The van der Waals surface area contributed by atoms with Crippen molar-refractivity contribution in [3.63, 3.8) is 0 Å². The van der Waals surface area contributed by atoms with Crippen molar-refractivity contribution in [2.45, 2.75) is 25.7 Å². The van der Waals surface area contributed by atoms with Crippen LogP contribution in [-0.4, -0.2) is 43.8 Å². The van der Waals surface area contributed by atoms with Gasteiger partial charge >= 0.3 is 0 Å². The Morgan fingerprint density at radius 2 is 2.11 bits per heavy atom. The predicted molar refractivity (Wildman–Crippen MR) is 97.5 cm³/mol. The second-order valence-corrected chi connectivity index (χ2v) is 7.51. The lowest BCUT2D eigenvalue weighted by Gasteiger charge is -2.40. The Bertz CT molecular complexity index is 1020. The standard InChI is InChI=1S/C18H19F2N7O/c19-16(20)15-13(7-21-25-15)23-18(28)12-6-22-27-4-3-14(24-17(12)27)26-8-11(9-26)5-10-1-2-10/h3-4,6-7,10-11,16H,1-2,5,8-9H2,(H,21,25)(H,23,28). The maximum absolute atomic E-state index is 13.0. The van der Waals surface area contributed by atoms with Gasteiger partial charge in [0.25, 0.3) is 12.3 Å². The molecule has 5 rings (SSSR count). The predicted octanol–water partition coefficient (Wildman–Crippen LogP) is 2.88. The molecule has 0 spiro atoms. The molecule has 1 aliphatic carbocycles. The van der Waals surface area contributed by atoms with Gasteiger partial charge in [-0.05, 0) is 24.3 Å². The molecule has 0 atom stereocenters. The molecular weight excluding hydrogens is 368 g/mol. The molecule has 10 heteroatoms. The van der Waals surface area contributed by atoms with E-state index in [9.17, 15) is 13.6 Å². The average molecular weight is 387 g/mol. The molecule has 2 aliphatic rings. The van der Waals surface area contributed by atoms with E-state index in [2.05, 4.69) is 30.5 Å². The van der Waals surface area contributed by atoms with Crippen molar-refractivity contribution in [2.24, 2.45) is 11.8 Å². The van der Waals surface area contributed by atoms with Crippen molar-refractivity contribution in [1.29, 1.82) is 0 Å². The first-order valence-electron chi connectivity index (χ1n) is 9.30. The van der Waals surface area contributed by atoms with Gasteiger partial charge in [0.2, 0.25) is 0 Å². The van der Waals surface area contributed by atoms with Gasteiger partial charge in [-0.3, -0.25) is 9.89 Å². The highest BCUT2D eigenvalue weighted by atomic mass is 19.3. The lowest BCUT2D eigenvalue weighted by atomic mass is 9.94.